The molecule has 2 heterocycles. The molecule has 2 aromatic carbocycles. The molecule has 6 unspecified atom stereocenters. The van der Waals surface area contributed by atoms with Gasteiger partial charge in [0.25, 0.3) is 5.69 Å². The van der Waals surface area contributed by atoms with Crippen LogP contribution in [0, 0.1) is 34.8 Å². The number of non-ortho nitro benzene ring substituents is 1. The monoisotopic (exact) mass is 840 g/mol. The lowest BCUT2D eigenvalue weighted by atomic mass is 9.55. The maximum absolute atomic E-state index is 14.1. The Bertz CT molecular complexity index is 2020. The first-order chi connectivity index (χ1) is 29.7. The van der Waals surface area contributed by atoms with Crippen LogP contribution in [-0.4, -0.2) is 81.6 Å². The predicted molar refractivity (Wildman–Crippen MR) is 230 cm³/mol. The molecule has 1 fully saturated rings. The molecule has 0 bridgehead atoms. The Morgan fingerprint density at radius 1 is 1.07 bits per heavy atom. The first kappa shape index (κ1) is 45.2. The summed E-state index contributed by atoms with van der Waals surface area (Å²) >= 11 is 0. The van der Waals surface area contributed by atoms with Crippen LogP contribution in [0.4, 0.5) is 10.5 Å². The Balaban J connectivity index is 1.54. The molecule has 6 rings (SSSR count). The number of nitro benzene ring substituents is 1. The van der Waals surface area contributed by atoms with E-state index in [1.165, 1.54) is 12.1 Å². The number of aromatic nitrogens is 1. The Hall–Kier alpha value is -5.31. The predicted octanol–water partition coefficient (Wildman–Crippen LogP) is 8.58. The average molecular weight is 841 g/mol. The van der Waals surface area contributed by atoms with Crippen molar-refractivity contribution < 1.29 is 43.7 Å². The molecular formula is C47H60N4O10. The van der Waals surface area contributed by atoms with Crippen molar-refractivity contribution in [2.75, 3.05) is 33.0 Å². The van der Waals surface area contributed by atoms with Gasteiger partial charge < -0.3 is 34.0 Å². The Labute approximate surface area is 358 Å². The number of ether oxygens (including phenoxy) is 4. The summed E-state index contributed by atoms with van der Waals surface area (Å²) in [6, 6.07) is 17.1. The number of unbranched alkanes of at least 4 members (excludes halogenated alkanes) is 2. The van der Waals surface area contributed by atoms with E-state index in [4.69, 9.17) is 28.9 Å². The number of hydrogen-bond acceptors (Lipinski definition) is 12. The zero-order chi connectivity index (χ0) is 43.4. The second kappa shape index (κ2) is 21.5. The van der Waals surface area contributed by atoms with Crippen molar-refractivity contribution in [2.45, 2.75) is 103 Å². The fourth-order valence-electron chi connectivity index (χ4n) is 9.30. The number of nitro groups is 1. The van der Waals surface area contributed by atoms with Crippen molar-refractivity contribution in [3.05, 3.63) is 118 Å². The first-order valence-corrected chi connectivity index (χ1v) is 21.6. The van der Waals surface area contributed by atoms with Crippen molar-refractivity contribution in [3.8, 4) is 11.5 Å². The van der Waals surface area contributed by atoms with Crippen LogP contribution in [0.1, 0.15) is 93.6 Å². The van der Waals surface area contributed by atoms with Gasteiger partial charge in [-0.05, 0) is 111 Å². The lowest BCUT2D eigenvalue weighted by Crippen LogP contribution is -2.70. The molecule has 0 spiro atoms. The summed E-state index contributed by atoms with van der Waals surface area (Å²) in [4.78, 5) is 37.4. The van der Waals surface area contributed by atoms with E-state index in [9.17, 15) is 25.1 Å². The molecule has 1 amide bonds. The number of benzene rings is 2. The fourth-order valence-corrected chi connectivity index (χ4v) is 9.30. The molecule has 1 saturated carbocycles. The average Bonchev–Trinajstić information content (AvgIpc) is 3.26. The van der Waals surface area contributed by atoms with Crippen LogP contribution in [0.25, 0.3) is 0 Å². The molecule has 1 aliphatic heterocycles. The van der Waals surface area contributed by atoms with Crippen molar-refractivity contribution >= 4 is 17.5 Å². The van der Waals surface area contributed by atoms with Gasteiger partial charge in [0, 0.05) is 55.5 Å². The number of pyridine rings is 1. The standard InChI is InChI=1S/C47H60N4O10/c1-5-23-50(46(54)57-7-3)43-29-41(49-60-30-33-17-19-36(20-18-33)51(55)56)39-27-34(14-8-10-24-52)38(16-9-11-25-53)44-40-28-37(58-31-35-15-12-13-32(4)48-35)21-22-42(40)61-47(43,45(39)44)59-26-6-2/h6,12-13,15,17-22,27-28,34,38,43-45,52-53H,2,5,7-11,14,16,23-26,29-31H2,1,3-4H3. The van der Waals surface area contributed by atoms with E-state index in [0.717, 1.165) is 48.2 Å². The minimum atomic E-state index is -1.42. The van der Waals surface area contributed by atoms with Gasteiger partial charge in [0.15, 0.2) is 0 Å². The SMILES string of the molecule is C=CCOC12Oc3ccc(OCc4cccc(C)n4)cc3C3C(CCCCO)C(CCCCO)C=C(C(=NOCc4ccc([N+](=O)[O-])cc4)CC1N(CCC)C(=O)OCC)C32. The number of allylic oxidation sites excluding steroid dienone is 1. The Morgan fingerprint density at radius 2 is 1.84 bits per heavy atom. The van der Waals surface area contributed by atoms with E-state index in [1.807, 2.05) is 44.2 Å². The molecule has 0 saturated heterocycles. The smallest absolute Gasteiger partial charge is 0.410 e. The van der Waals surface area contributed by atoms with E-state index in [2.05, 4.69) is 23.7 Å². The minimum absolute atomic E-state index is 0.0202. The summed E-state index contributed by atoms with van der Waals surface area (Å²) in [6.07, 6.45) is 8.78. The van der Waals surface area contributed by atoms with Crippen LogP contribution in [0.15, 0.2) is 90.1 Å². The van der Waals surface area contributed by atoms with E-state index in [1.54, 1.807) is 30.0 Å². The molecule has 1 aromatic heterocycles. The largest absolute Gasteiger partial charge is 0.487 e. The van der Waals surface area contributed by atoms with Gasteiger partial charge in [-0.15, -0.1) is 6.58 Å². The van der Waals surface area contributed by atoms with Crippen molar-refractivity contribution in [1.82, 2.24) is 9.88 Å². The maximum atomic E-state index is 14.1. The molecule has 61 heavy (non-hydrogen) atoms. The van der Waals surface area contributed by atoms with E-state index in [-0.39, 0.29) is 69.5 Å². The molecule has 328 valence electrons. The number of carbonyl (C=O) groups excluding carboxylic acids is 1. The summed E-state index contributed by atoms with van der Waals surface area (Å²) < 4.78 is 26.4. The first-order valence-electron chi connectivity index (χ1n) is 21.6. The number of carbonyl (C=O) groups is 1. The van der Waals surface area contributed by atoms with E-state index in [0.29, 0.717) is 48.6 Å². The van der Waals surface area contributed by atoms with Gasteiger partial charge in [-0.1, -0.05) is 43.1 Å². The highest BCUT2D eigenvalue weighted by Gasteiger charge is 2.65. The van der Waals surface area contributed by atoms with Crippen LogP contribution in [0.3, 0.4) is 0 Å². The highest BCUT2D eigenvalue weighted by molar-refractivity contribution is 6.03. The molecule has 14 nitrogen and oxygen atoms in total. The highest BCUT2D eigenvalue weighted by atomic mass is 16.7. The lowest BCUT2D eigenvalue weighted by molar-refractivity contribution is -0.384. The zero-order valence-corrected chi connectivity index (χ0v) is 35.6. The van der Waals surface area contributed by atoms with Crippen LogP contribution >= 0.6 is 0 Å². The molecule has 3 aromatic rings. The summed E-state index contributed by atoms with van der Waals surface area (Å²) in [7, 11) is 0. The second-order valence-electron chi connectivity index (χ2n) is 15.9. The Kier molecular flexibility index (Phi) is 15.9. The fraction of sp³-hybridized carbons (Fsp3) is 0.511. The third-order valence-corrected chi connectivity index (χ3v) is 11.9. The van der Waals surface area contributed by atoms with Crippen LogP contribution in [-0.2, 0) is 27.5 Å². The van der Waals surface area contributed by atoms with Gasteiger partial charge in [-0.3, -0.25) is 20.0 Å². The highest BCUT2D eigenvalue weighted by Crippen LogP contribution is 2.62. The van der Waals surface area contributed by atoms with Gasteiger partial charge in [-0.25, -0.2) is 4.79 Å². The molecule has 2 N–H and O–H groups in total. The van der Waals surface area contributed by atoms with E-state index >= 15 is 0 Å². The van der Waals surface area contributed by atoms with Crippen molar-refractivity contribution in [2.24, 2.45) is 22.9 Å². The number of rotatable bonds is 22. The van der Waals surface area contributed by atoms with Crippen molar-refractivity contribution in [3.63, 3.8) is 0 Å². The molecular weight excluding hydrogens is 781 g/mol. The third-order valence-electron chi connectivity index (χ3n) is 11.9. The van der Waals surface area contributed by atoms with Gasteiger partial charge >= 0.3 is 6.09 Å². The second-order valence-corrected chi connectivity index (χ2v) is 15.9. The molecule has 6 atom stereocenters. The van der Waals surface area contributed by atoms with Crippen molar-refractivity contribution in [1.29, 1.82) is 0 Å². The number of nitrogens with zero attached hydrogens (tertiary/aromatic N) is 4. The summed E-state index contributed by atoms with van der Waals surface area (Å²) in [5, 5.41) is 36.0. The summed E-state index contributed by atoms with van der Waals surface area (Å²) in [5.41, 5.74) is 4.85. The van der Waals surface area contributed by atoms with Gasteiger partial charge in [-0.2, -0.15) is 0 Å². The van der Waals surface area contributed by atoms with Crippen LogP contribution < -0.4 is 9.47 Å². The quantitative estimate of drug-likeness (QED) is 0.0429. The molecule has 14 heteroatoms. The number of amides is 1. The van der Waals surface area contributed by atoms with Crippen LogP contribution in [0.5, 0.6) is 11.5 Å². The third kappa shape index (κ3) is 10.4. The molecule has 0 radical (unpaired) electrons. The van der Waals surface area contributed by atoms with Gasteiger partial charge in [0.05, 0.1) is 35.5 Å². The van der Waals surface area contributed by atoms with Gasteiger partial charge in [0.2, 0.25) is 5.79 Å². The topological polar surface area (TPSA) is 175 Å². The lowest BCUT2D eigenvalue weighted by Gasteiger charge is -2.59. The number of aliphatic hydroxyl groups excluding tert-OH is 2. The van der Waals surface area contributed by atoms with E-state index < -0.39 is 28.8 Å². The summed E-state index contributed by atoms with van der Waals surface area (Å²) in [6.45, 7) is 10.9. The minimum Gasteiger partial charge on any atom is -0.487 e. The number of aryl methyl sites for hydroxylation is 1. The maximum Gasteiger partial charge on any atom is 0.410 e. The molecule has 2 aliphatic carbocycles. The normalized spacial score (nSPS) is 23.2. The summed E-state index contributed by atoms with van der Waals surface area (Å²) in [5.74, 6) is -0.815. The number of aliphatic hydroxyl groups is 2. The number of oxime groups is 1. The number of hydrogen-bond donors (Lipinski definition) is 2. The Morgan fingerprint density at radius 3 is 2.52 bits per heavy atom. The number of fused-ring (bicyclic) bond motifs is 2. The van der Waals surface area contributed by atoms with Crippen LogP contribution in [0.2, 0.25) is 0 Å². The van der Waals surface area contributed by atoms with Gasteiger partial charge in [0.1, 0.15) is 30.8 Å². The molecule has 3 aliphatic rings. The zero-order valence-electron chi connectivity index (χ0n) is 35.6.